The molecule has 0 aliphatic heterocycles. The predicted molar refractivity (Wildman–Crippen MR) is 181 cm³/mol. The fraction of sp³-hybridized carbons (Fsp3) is 0.345. The second-order valence-corrected chi connectivity index (χ2v) is 11.1. The van der Waals surface area contributed by atoms with Crippen molar-refractivity contribution in [3.63, 3.8) is 0 Å². The van der Waals surface area contributed by atoms with Crippen molar-refractivity contribution in [2.24, 2.45) is 9.98 Å². The first-order valence-electron chi connectivity index (χ1n) is 15.1. The monoisotopic (exact) mass is 854 g/mol. The summed E-state index contributed by atoms with van der Waals surface area (Å²) in [5, 5.41) is 59.8. The number of benzene rings is 1. The summed E-state index contributed by atoms with van der Waals surface area (Å²) in [7, 11) is 0. The number of carboxylic acid groups (broad SMARTS) is 3. The average molecular weight is 856 g/mol. The van der Waals surface area contributed by atoms with E-state index >= 15 is 0 Å². The standard InChI is InChI=1S/C29H34N11O11S.O.Tc/c30-15(24(45)37-17(7-20(42)43)25(46)38-18(11-52)28(50)51)10-33-19(41)6-5-16(27(48)49)36-23(44)12-1-3-13(4-2-12)32-8-14-9-34-22-21(35-14)26(47)40-29(31)39-22;;/h1-4,9,15-18,30,32,52H,5-8,10-11H2,(H,33,41)(H,36,44)(H,37,45)(H,38,46)(H,42,43)(H,48,49)(H,50,51)(H3,31,34,39,40,47);;/q-1;;+4/p-3. The predicted octanol–water partition coefficient (Wildman–Crippen LogP) is -3.35. The molecule has 10 N–H and O–H groups in total. The number of anilines is 2. The number of aromatic amines is 1. The number of fused-ring (bicyclic) bond motifs is 1. The summed E-state index contributed by atoms with van der Waals surface area (Å²) in [5.41, 5.74) is 14.0. The molecular weight excluding hydrogens is 824 g/mol. The number of aliphatic imine (C=N–C) groups is 2. The van der Waals surface area contributed by atoms with Gasteiger partial charge in [-0.1, -0.05) is 11.9 Å². The van der Waals surface area contributed by atoms with E-state index in [1.807, 2.05) is 0 Å². The van der Waals surface area contributed by atoms with E-state index in [0.29, 0.717) is 11.4 Å². The van der Waals surface area contributed by atoms with E-state index in [1.165, 1.54) is 30.5 Å². The second kappa shape index (κ2) is 21.6. The number of hydrogen-bond acceptors (Lipinski definition) is 17. The Morgan fingerprint density at radius 1 is 1.00 bits per heavy atom. The van der Waals surface area contributed by atoms with Gasteiger partial charge in [0.25, 0.3) is 11.5 Å². The molecule has 2 heterocycles. The third kappa shape index (κ3) is 13.9. The third-order valence-corrected chi connectivity index (χ3v) is 7.15. The number of nitrogens with two attached hydrogens (primary N) is 1. The van der Waals surface area contributed by atoms with Crippen LogP contribution in [-0.2, 0) is 60.7 Å². The molecular formula is C29H31N11O12STc. The molecule has 3 rings (SSSR count). The van der Waals surface area contributed by atoms with E-state index in [9.17, 15) is 44.1 Å². The Morgan fingerprint density at radius 3 is 2.24 bits per heavy atom. The number of amides is 2. The van der Waals surface area contributed by atoms with Gasteiger partial charge >= 0.3 is 40.3 Å². The first kappa shape index (κ1) is 44.3. The molecule has 0 bridgehead atoms. The van der Waals surface area contributed by atoms with Crippen LogP contribution in [-0.4, -0.2) is 113 Å². The Hall–Kier alpha value is -5.91. The van der Waals surface area contributed by atoms with Crippen LogP contribution in [0.4, 0.5) is 11.6 Å². The molecule has 287 valence electrons. The van der Waals surface area contributed by atoms with Crippen LogP contribution < -0.4 is 37.5 Å². The van der Waals surface area contributed by atoms with Gasteiger partial charge in [-0.2, -0.15) is 4.98 Å². The number of nitrogen functional groups attached to an aromatic ring is 1. The van der Waals surface area contributed by atoms with Crippen molar-refractivity contribution in [2.75, 3.05) is 23.3 Å². The molecule has 3 aromatic rings. The van der Waals surface area contributed by atoms with Crippen molar-refractivity contribution >= 4 is 76.9 Å². The fourth-order valence-electron chi connectivity index (χ4n) is 4.15. The number of nitrogens with one attached hydrogen (secondary N) is 5. The molecule has 4 unspecified atom stereocenters. The molecule has 23 nitrogen and oxygen atoms in total. The number of aromatic nitrogens is 4. The maximum absolute atomic E-state index is 12.7. The van der Waals surface area contributed by atoms with E-state index in [0.717, 1.165) is 18.9 Å². The normalized spacial score (nSPS) is 13.7. The van der Waals surface area contributed by atoms with Gasteiger partial charge in [-0.15, -0.1) is 5.75 Å². The molecule has 0 saturated carbocycles. The Morgan fingerprint density at radius 2 is 1.65 bits per heavy atom. The number of H-pyrrole nitrogens is 1. The second-order valence-electron chi connectivity index (χ2n) is 10.7. The van der Waals surface area contributed by atoms with Crippen molar-refractivity contribution in [3.05, 3.63) is 57.8 Å². The number of rotatable bonds is 19. The number of carbonyl (C=O) groups is 5. The number of carbonyl (C=O) groups excluding carboxylic acids is 2. The fourth-order valence-corrected chi connectivity index (χ4v) is 4.37. The summed E-state index contributed by atoms with van der Waals surface area (Å²) in [6.45, 7) is -0.504. The summed E-state index contributed by atoms with van der Waals surface area (Å²) in [6.07, 6.45) is -0.457. The number of nitrogens with zero attached hydrogens (tertiary/aromatic N) is 5. The van der Waals surface area contributed by atoms with Gasteiger partial charge in [-0.3, -0.25) is 34.1 Å². The number of hydrogen-bond donors (Lipinski definition) is 8. The molecule has 0 radical (unpaired) electrons. The average Bonchev–Trinajstić information content (AvgIpc) is 3.13. The first-order chi connectivity index (χ1) is 25.6. The van der Waals surface area contributed by atoms with Crippen molar-refractivity contribution in [2.45, 2.75) is 50.0 Å². The Balaban J connectivity index is 0.00000495. The molecule has 2 amide bonds. The van der Waals surface area contributed by atoms with Gasteiger partial charge < -0.3 is 65.6 Å². The van der Waals surface area contributed by atoms with E-state index in [1.54, 1.807) is 0 Å². The summed E-state index contributed by atoms with van der Waals surface area (Å²) in [4.78, 5) is 92.3. The van der Waals surface area contributed by atoms with E-state index in [4.69, 9.17) is 25.2 Å². The molecule has 54 heavy (non-hydrogen) atoms. The SMILES string of the molecule is [NH-]C(CNC(=O)CCC(NC(=O)c1ccc(NCc2cnc3nc(N)[nH]c(=O)c3n2)cc1)C(=O)O)C([O-])=NC(CC(=O)O)C([O-])=NC(C[S-])C(=O)O.[O]=[Tc+4]. The Bertz CT molecular complexity index is 1950. The Kier molecular flexibility index (Phi) is 17.7. The molecule has 0 saturated heterocycles. The number of carboxylic acids is 3. The first-order valence-corrected chi connectivity index (χ1v) is 16.5. The zero-order chi connectivity index (χ0) is 40.5. The minimum atomic E-state index is -1.93. The molecule has 2 aromatic heterocycles. The molecule has 1 aromatic carbocycles. The van der Waals surface area contributed by atoms with Gasteiger partial charge in [-0.25, -0.2) is 19.6 Å². The van der Waals surface area contributed by atoms with Crippen molar-refractivity contribution in [1.29, 1.82) is 0 Å². The van der Waals surface area contributed by atoms with Gasteiger partial charge in [0, 0.05) is 24.2 Å². The van der Waals surface area contributed by atoms with Gasteiger partial charge in [0.15, 0.2) is 11.2 Å². The van der Waals surface area contributed by atoms with Crippen LogP contribution in [0.2, 0.25) is 0 Å². The van der Waals surface area contributed by atoms with E-state index in [2.05, 4.69) is 58.5 Å². The van der Waals surface area contributed by atoms with Crippen molar-refractivity contribution < 1.29 is 71.9 Å². The van der Waals surface area contributed by atoms with Gasteiger partial charge in [0.05, 0.1) is 30.9 Å². The van der Waals surface area contributed by atoms with E-state index < -0.39 is 96.4 Å². The quantitative estimate of drug-likeness (QED) is 0.0332. The minimum absolute atomic E-state index is 0.00153. The summed E-state index contributed by atoms with van der Waals surface area (Å²) >= 11 is 5.49. The van der Waals surface area contributed by atoms with Crippen molar-refractivity contribution in [3.8, 4) is 0 Å². The van der Waals surface area contributed by atoms with Crippen LogP contribution in [0.25, 0.3) is 16.9 Å². The van der Waals surface area contributed by atoms with Crippen LogP contribution in [0, 0.1) is 0 Å². The topological polar surface area (TPSA) is 391 Å². The number of aliphatic carboxylic acids is 3. The van der Waals surface area contributed by atoms with Crippen LogP contribution in [0.5, 0.6) is 0 Å². The van der Waals surface area contributed by atoms with Gasteiger partial charge in [0.2, 0.25) is 11.9 Å². The maximum atomic E-state index is 12.7. The van der Waals surface area contributed by atoms with Gasteiger partial charge in [-0.05, 0) is 36.6 Å². The zero-order valence-corrected chi connectivity index (χ0v) is 30.2. The summed E-state index contributed by atoms with van der Waals surface area (Å²) < 4.78 is 8.22. The van der Waals surface area contributed by atoms with Crippen LogP contribution in [0.15, 0.2) is 45.2 Å². The summed E-state index contributed by atoms with van der Waals surface area (Å²) in [6, 6.07) is -1.01. The molecule has 25 heteroatoms. The molecule has 0 aliphatic carbocycles. The van der Waals surface area contributed by atoms with E-state index in [-0.39, 0.29) is 35.6 Å². The third-order valence-electron chi connectivity index (χ3n) is 6.83. The Labute approximate surface area is 319 Å². The van der Waals surface area contributed by atoms with Crippen LogP contribution in [0.3, 0.4) is 0 Å². The molecule has 4 atom stereocenters. The van der Waals surface area contributed by atoms with Crippen LogP contribution in [0.1, 0.15) is 35.3 Å². The molecule has 0 spiro atoms. The van der Waals surface area contributed by atoms with Crippen LogP contribution >= 0.6 is 0 Å². The van der Waals surface area contributed by atoms with Gasteiger partial charge in [0.1, 0.15) is 12.1 Å². The molecule has 0 aliphatic rings. The summed E-state index contributed by atoms with van der Waals surface area (Å²) in [5.74, 6) is -9.36. The van der Waals surface area contributed by atoms with Crippen molar-refractivity contribution in [1.82, 2.24) is 30.6 Å². The molecule has 0 fully saturated rings. The zero-order valence-electron chi connectivity index (χ0n) is 27.6.